The monoisotopic (exact) mass is 192 g/mol. The van der Waals surface area contributed by atoms with Gasteiger partial charge in [0.05, 0.1) is 13.2 Å². The predicted molar refractivity (Wildman–Crippen MR) is 55.3 cm³/mol. The van der Waals surface area contributed by atoms with Crippen molar-refractivity contribution in [2.24, 2.45) is 5.92 Å². The number of rotatable bonds is 4. The summed E-state index contributed by atoms with van der Waals surface area (Å²) in [5, 5.41) is 9.14. The third-order valence-corrected chi connectivity index (χ3v) is 2.56. The van der Waals surface area contributed by atoms with Crippen LogP contribution in [0.4, 0.5) is 0 Å². The minimum atomic E-state index is 0.0572. The van der Waals surface area contributed by atoms with E-state index in [-0.39, 0.29) is 6.61 Å². The first-order valence-electron chi connectivity index (χ1n) is 5.13. The molecule has 0 heterocycles. The molecule has 76 valence electrons. The molecule has 1 aliphatic carbocycles. The summed E-state index contributed by atoms with van der Waals surface area (Å²) in [4.78, 5) is 0. The van der Waals surface area contributed by atoms with Gasteiger partial charge in [0.2, 0.25) is 0 Å². The van der Waals surface area contributed by atoms with Crippen molar-refractivity contribution in [1.29, 1.82) is 0 Å². The van der Waals surface area contributed by atoms with Gasteiger partial charge in [0.1, 0.15) is 5.75 Å². The van der Waals surface area contributed by atoms with Crippen LogP contribution in [0.15, 0.2) is 18.2 Å². The summed E-state index contributed by atoms with van der Waals surface area (Å²) in [6.45, 7) is 2.88. The molecule has 1 aromatic carbocycles. The van der Waals surface area contributed by atoms with E-state index in [9.17, 15) is 0 Å². The molecule has 0 unspecified atom stereocenters. The lowest BCUT2D eigenvalue weighted by Gasteiger charge is -2.10. The second kappa shape index (κ2) is 4.01. The second-order valence-corrected chi connectivity index (χ2v) is 4.02. The molecule has 0 amide bonds. The molecule has 0 bridgehead atoms. The van der Waals surface area contributed by atoms with E-state index in [0.717, 1.165) is 29.4 Å². The van der Waals surface area contributed by atoms with Gasteiger partial charge in [-0.15, -0.1) is 0 Å². The van der Waals surface area contributed by atoms with Crippen molar-refractivity contribution in [1.82, 2.24) is 0 Å². The molecule has 2 rings (SSSR count). The molecule has 0 aliphatic heterocycles. The number of benzene rings is 1. The zero-order valence-corrected chi connectivity index (χ0v) is 8.49. The maximum absolute atomic E-state index is 9.14. The summed E-state index contributed by atoms with van der Waals surface area (Å²) in [5.41, 5.74) is 2.05. The van der Waals surface area contributed by atoms with Crippen LogP contribution in [-0.4, -0.2) is 11.7 Å². The van der Waals surface area contributed by atoms with Gasteiger partial charge in [0, 0.05) is 5.56 Å². The van der Waals surface area contributed by atoms with Crippen LogP contribution in [-0.2, 0) is 6.61 Å². The van der Waals surface area contributed by atoms with E-state index in [1.165, 1.54) is 12.8 Å². The molecule has 1 saturated carbocycles. The van der Waals surface area contributed by atoms with Gasteiger partial charge in [-0.2, -0.15) is 0 Å². The molecule has 1 fully saturated rings. The van der Waals surface area contributed by atoms with Crippen LogP contribution in [0.1, 0.15) is 24.0 Å². The van der Waals surface area contributed by atoms with E-state index in [1.807, 2.05) is 25.1 Å². The Bertz CT molecular complexity index is 316. The van der Waals surface area contributed by atoms with E-state index < -0.39 is 0 Å². The summed E-state index contributed by atoms with van der Waals surface area (Å²) < 4.78 is 5.65. The largest absolute Gasteiger partial charge is 0.493 e. The van der Waals surface area contributed by atoms with Gasteiger partial charge in [-0.25, -0.2) is 0 Å². The fourth-order valence-corrected chi connectivity index (χ4v) is 1.46. The van der Waals surface area contributed by atoms with Gasteiger partial charge in [-0.1, -0.05) is 17.7 Å². The fraction of sp³-hybridized carbons (Fsp3) is 0.500. The molecular weight excluding hydrogens is 176 g/mol. The number of aliphatic hydroxyl groups is 1. The highest BCUT2D eigenvalue weighted by Gasteiger charge is 2.22. The average Bonchev–Trinajstić information content (AvgIpc) is 2.99. The van der Waals surface area contributed by atoms with Crippen LogP contribution in [0.2, 0.25) is 0 Å². The van der Waals surface area contributed by atoms with Crippen molar-refractivity contribution < 1.29 is 9.84 Å². The Morgan fingerprint density at radius 3 is 2.86 bits per heavy atom. The quantitative estimate of drug-likeness (QED) is 0.793. The lowest BCUT2D eigenvalue weighted by molar-refractivity contribution is 0.258. The lowest BCUT2D eigenvalue weighted by atomic mass is 10.1. The number of ether oxygens (including phenoxy) is 1. The van der Waals surface area contributed by atoms with Crippen LogP contribution in [0.25, 0.3) is 0 Å². The van der Waals surface area contributed by atoms with Gasteiger partial charge in [0.25, 0.3) is 0 Å². The van der Waals surface area contributed by atoms with Crippen LogP contribution in [0.3, 0.4) is 0 Å². The first-order chi connectivity index (χ1) is 6.79. The Morgan fingerprint density at radius 1 is 1.43 bits per heavy atom. The van der Waals surface area contributed by atoms with Crippen LogP contribution in [0, 0.1) is 12.8 Å². The standard InChI is InChI=1S/C12H16O2/c1-9-2-5-12(11(6-9)7-13)14-8-10-3-4-10/h2,5-6,10,13H,3-4,7-8H2,1H3. The summed E-state index contributed by atoms with van der Waals surface area (Å²) in [5.74, 6) is 1.59. The first-order valence-corrected chi connectivity index (χ1v) is 5.13. The topological polar surface area (TPSA) is 29.5 Å². The van der Waals surface area contributed by atoms with Crippen molar-refractivity contribution >= 4 is 0 Å². The van der Waals surface area contributed by atoms with Crippen molar-refractivity contribution in [3.63, 3.8) is 0 Å². The lowest BCUT2D eigenvalue weighted by Crippen LogP contribution is -2.02. The van der Waals surface area contributed by atoms with E-state index in [0.29, 0.717) is 0 Å². The number of aryl methyl sites for hydroxylation is 1. The number of hydrogen-bond donors (Lipinski definition) is 1. The molecule has 0 saturated heterocycles. The Labute approximate surface area is 84.5 Å². The molecule has 2 nitrogen and oxygen atoms in total. The van der Waals surface area contributed by atoms with E-state index in [1.54, 1.807) is 0 Å². The van der Waals surface area contributed by atoms with Crippen molar-refractivity contribution in [2.75, 3.05) is 6.61 Å². The zero-order valence-electron chi connectivity index (χ0n) is 8.49. The SMILES string of the molecule is Cc1ccc(OCC2CC2)c(CO)c1. The number of hydrogen-bond acceptors (Lipinski definition) is 2. The molecule has 0 radical (unpaired) electrons. The average molecular weight is 192 g/mol. The minimum Gasteiger partial charge on any atom is -0.493 e. The van der Waals surface area contributed by atoms with E-state index in [2.05, 4.69) is 0 Å². The molecule has 1 aromatic rings. The Balaban J connectivity index is 2.05. The van der Waals surface area contributed by atoms with E-state index in [4.69, 9.17) is 9.84 Å². The van der Waals surface area contributed by atoms with Gasteiger partial charge in [-0.3, -0.25) is 0 Å². The third kappa shape index (κ3) is 2.26. The van der Waals surface area contributed by atoms with Crippen LogP contribution >= 0.6 is 0 Å². The predicted octanol–water partition coefficient (Wildman–Crippen LogP) is 2.28. The van der Waals surface area contributed by atoms with Crippen molar-refractivity contribution in [3.8, 4) is 5.75 Å². The third-order valence-electron chi connectivity index (χ3n) is 2.56. The summed E-state index contributed by atoms with van der Waals surface area (Å²) in [7, 11) is 0. The normalized spacial score (nSPS) is 15.6. The highest BCUT2D eigenvalue weighted by Crippen LogP contribution is 2.30. The van der Waals surface area contributed by atoms with Gasteiger partial charge < -0.3 is 9.84 Å². The Kier molecular flexibility index (Phi) is 2.73. The molecule has 2 heteroatoms. The zero-order chi connectivity index (χ0) is 9.97. The highest BCUT2D eigenvalue weighted by molar-refractivity contribution is 5.36. The summed E-state index contributed by atoms with van der Waals surface area (Å²) in [6, 6.07) is 5.94. The molecule has 0 atom stereocenters. The maximum Gasteiger partial charge on any atom is 0.124 e. The van der Waals surface area contributed by atoms with Gasteiger partial charge >= 0.3 is 0 Å². The maximum atomic E-state index is 9.14. The summed E-state index contributed by atoms with van der Waals surface area (Å²) in [6.07, 6.45) is 2.58. The minimum absolute atomic E-state index is 0.0572. The van der Waals surface area contributed by atoms with Crippen LogP contribution < -0.4 is 4.74 Å². The smallest absolute Gasteiger partial charge is 0.124 e. The highest BCUT2D eigenvalue weighted by atomic mass is 16.5. The molecule has 1 N–H and O–H groups in total. The molecular formula is C12H16O2. The molecule has 0 spiro atoms. The van der Waals surface area contributed by atoms with Gasteiger partial charge in [-0.05, 0) is 31.7 Å². The Morgan fingerprint density at radius 2 is 2.21 bits per heavy atom. The van der Waals surface area contributed by atoms with E-state index >= 15 is 0 Å². The first kappa shape index (κ1) is 9.53. The molecule has 0 aromatic heterocycles. The van der Waals surface area contributed by atoms with Crippen molar-refractivity contribution in [3.05, 3.63) is 29.3 Å². The summed E-state index contributed by atoms with van der Waals surface area (Å²) >= 11 is 0. The molecule has 1 aliphatic rings. The fourth-order valence-electron chi connectivity index (χ4n) is 1.46. The van der Waals surface area contributed by atoms with Gasteiger partial charge in [0.15, 0.2) is 0 Å². The molecule has 14 heavy (non-hydrogen) atoms. The number of aliphatic hydroxyl groups excluding tert-OH is 1. The Hall–Kier alpha value is -1.02. The second-order valence-electron chi connectivity index (χ2n) is 4.02. The van der Waals surface area contributed by atoms with Crippen LogP contribution in [0.5, 0.6) is 5.75 Å². The van der Waals surface area contributed by atoms with Crippen molar-refractivity contribution in [2.45, 2.75) is 26.4 Å².